The molecule has 1 N–H and O–H groups in total. The van der Waals surface area contributed by atoms with E-state index in [1.165, 1.54) is 6.07 Å². The van der Waals surface area contributed by atoms with E-state index in [4.69, 9.17) is 0 Å². The van der Waals surface area contributed by atoms with Crippen molar-refractivity contribution in [1.29, 1.82) is 0 Å². The molecule has 1 aliphatic rings. The maximum absolute atomic E-state index is 13.5. The molecule has 1 saturated carbocycles. The van der Waals surface area contributed by atoms with E-state index in [1.807, 2.05) is 0 Å². The molecule has 0 heterocycles. The zero-order valence-corrected chi connectivity index (χ0v) is 11.3. The molecule has 1 aromatic rings. The molecule has 0 saturated heterocycles. The monoisotopic (exact) mass is 290 g/mol. The first-order valence-electron chi connectivity index (χ1n) is 6.87. The zero-order chi connectivity index (χ0) is 14.9. The Bertz CT molecular complexity index is 469. The molecular formula is C15H18F4O. The number of aliphatic hydroxyl groups excluding tert-OH is 1. The molecule has 1 fully saturated rings. The Morgan fingerprint density at radius 2 is 2.00 bits per heavy atom. The highest BCUT2D eigenvalue weighted by molar-refractivity contribution is 5.28. The molecule has 0 spiro atoms. The maximum atomic E-state index is 13.5. The minimum atomic E-state index is -4.70. The van der Waals surface area contributed by atoms with Gasteiger partial charge in [-0.1, -0.05) is 25.8 Å². The summed E-state index contributed by atoms with van der Waals surface area (Å²) >= 11 is 0. The van der Waals surface area contributed by atoms with Gasteiger partial charge in [0.2, 0.25) is 0 Å². The molecule has 1 nitrogen and oxygen atoms in total. The maximum Gasteiger partial charge on any atom is 0.419 e. The minimum absolute atomic E-state index is 0.0103. The summed E-state index contributed by atoms with van der Waals surface area (Å²) < 4.78 is 50.9. The fourth-order valence-electron chi connectivity index (χ4n) is 2.99. The molecule has 20 heavy (non-hydrogen) atoms. The van der Waals surface area contributed by atoms with Crippen LogP contribution in [0.25, 0.3) is 0 Å². The summed E-state index contributed by atoms with van der Waals surface area (Å²) in [6.07, 6.45) is -1.86. The molecule has 3 atom stereocenters. The lowest BCUT2D eigenvalue weighted by atomic mass is 9.92. The Balaban J connectivity index is 2.16. The van der Waals surface area contributed by atoms with E-state index in [-0.39, 0.29) is 11.5 Å². The summed E-state index contributed by atoms with van der Waals surface area (Å²) in [7, 11) is 0. The fourth-order valence-corrected chi connectivity index (χ4v) is 2.99. The zero-order valence-electron chi connectivity index (χ0n) is 11.3. The molecule has 0 aromatic heterocycles. The first-order valence-corrected chi connectivity index (χ1v) is 6.87. The number of hydrogen-bond donors (Lipinski definition) is 1. The minimum Gasteiger partial charge on any atom is -0.388 e. The van der Waals surface area contributed by atoms with Crippen LogP contribution in [0.4, 0.5) is 17.6 Å². The number of alkyl halides is 3. The lowest BCUT2D eigenvalue weighted by Crippen LogP contribution is -2.13. The van der Waals surface area contributed by atoms with Gasteiger partial charge in [0.1, 0.15) is 5.82 Å². The van der Waals surface area contributed by atoms with Gasteiger partial charge in [0.15, 0.2) is 0 Å². The number of halogens is 4. The number of rotatable bonds is 3. The second kappa shape index (κ2) is 5.72. The molecule has 1 aliphatic carbocycles. The molecule has 5 heteroatoms. The highest BCUT2D eigenvalue weighted by atomic mass is 19.4. The number of aliphatic hydroxyl groups is 1. The molecule has 0 bridgehead atoms. The Morgan fingerprint density at radius 3 is 2.50 bits per heavy atom. The van der Waals surface area contributed by atoms with E-state index in [0.29, 0.717) is 12.0 Å². The molecular weight excluding hydrogens is 272 g/mol. The quantitative estimate of drug-likeness (QED) is 0.800. The lowest BCUT2D eigenvalue weighted by molar-refractivity contribution is -0.140. The van der Waals surface area contributed by atoms with Crippen molar-refractivity contribution in [2.24, 2.45) is 11.8 Å². The van der Waals surface area contributed by atoms with Gasteiger partial charge in [-0.3, -0.25) is 0 Å². The molecule has 0 radical (unpaired) electrons. The van der Waals surface area contributed by atoms with Gasteiger partial charge in [-0.25, -0.2) is 4.39 Å². The van der Waals surface area contributed by atoms with Gasteiger partial charge in [-0.2, -0.15) is 13.2 Å². The smallest absolute Gasteiger partial charge is 0.388 e. The second-order valence-corrected chi connectivity index (χ2v) is 5.53. The summed E-state index contributed by atoms with van der Waals surface area (Å²) in [6.45, 7) is 2.08. The first kappa shape index (κ1) is 15.3. The predicted octanol–water partition coefficient (Wildman–Crippen LogP) is 4.70. The summed E-state index contributed by atoms with van der Waals surface area (Å²) in [5, 5.41) is 10.2. The van der Waals surface area contributed by atoms with E-state index in [9.17, 15) is 22.7 Å². The van der Waals surface area contributed by atoms with Crippen molar-refractivity contribution in [2.75, 3.05) is 0 Å². The van der Waals surface area contributed by atoms with Gasteiger partial charge in [0.05, 0.1) is 11.7 Å². The van der Waals surface area contributed by atoms with Crippen LogP contribution >= 0.6 is 0 Å². The van der Waals surface area contributed by atoms with Crippen LogP contribution in [0, 0.1) is 17.7 Å². The van der Waals surface area contributed by atoms with Crippen molar-refractivity contribution in [3.05, 3.63) is 35.1 Å². The van der Waals surface area contributed by atoms with Crippen molar-refractivity contribution < 1.29 is 22.7 Å². The third-order valence-electron chi connectivity index (χ3n) is 4.25. The van der Waals surface area contributed by atoms with Crippen LogP contribution in [-0.4, -0.2) is 5.11 Å². The van der Waals surface area contributed by atoms with E-state index >= 15 is 0 Å². The third-order valence-corrected chi connectivity index (χ3v) is 4.25. The van der Waals surface area contributed by atoms with Crippen molar-refractivity contribution >= 4 is 0 Å². The van der Waals surface area contributed by atoms with E-state index < -0.39 is 23.7 Å². The van der Waals surface area contributed by atoms with Gasteiger partial charge in [0, 0.05) is 0 Å². The van der Waals surface area contributed by atoms with Crippen LogP contribution in [0.15, 0.2) is 18.2 Å². The summed E-state index contributed by atoms with van der Waals surface area (Å²) in [4.78, 5) is 0. The fraction of sp³-hybridized carbons (Fsp3) is 0.600. The Labute approximate surface area is 115 Å². The van der Waals surface area contributed by atoms with Crippen LogP contribution in [0.3, 0.4) is 0 Å². The largest absolute Gasteiger partial charge is 0.419 e. The van der Waals surface area contributed by atoms with Gasteiger partial charge in [-0.15, -0.1) is 0 Å². The normalized spacial score (nSPS) is 24.9. The van der Waals surface area contributed by atoms with Crippen molar-refractivity contribution in [3.63, 3.8) is 0 Å². The summed E-state index contributed by atoms with van der Waals surface area (Å²) in [6, 6.07) is 2.70. The highest BCUT2D eigenvalue weighted by Crippen LogP contribution is 2.41. The Hall–Kier alpha value is -1.10. The third kappa shape index (κ3) is 3.14. The highest BCUT2D eigenvalue weighted by Gasteiger charge is 2.35. The average Bonchev–Trinajstić information content (AvgIpc) is 2.85. The van der Waals surface area contributed by atoms with Crippen LogP contribution in [0.1, 0.15) is 49.8 Å². The standard InChI is InChI=1S/C15H18F4O/c1-2-9-3-4-10(7-9)14(20)11-5-6-12(13(16)8-11)15(17,18)19/h5-6,8-10,14,20H,2-4,7H2,1H3. The molecule has 0 aliphatic heterocycles. The van der Waals surface area contributed by atoms with Crippen LogP contribution in [-0.2, 0) is 6.18 Å². The first-order chi connectivity index (χ1) is 9.32. The molecule has 0 amide bonds. The lowest BCUT2D eigenvalue weighted by Gasteiger charge is -2.19. The summed E-state index contributed by atoms with van der Waals surface area (Å²) in [5.74, 6) is -0.760. The van der Waals surface area contributed by atoms with Gasteiger partial charge in [-0.05, 0) is 42.4 Å². The van der Waals surface area contributed by atoms with Gasteiger partial charge < -0.3 is 5.11 Å². The van der Waals surface area contributed by atoms with Gasteiger partial charge in [0.25, 0.3) is 0 Å². The Morgan fingerprint density at radius 1 is 1.30 bits per heavy atom. The molecule has 1 aromatic carbocycles. The van der Waals surface area contributed by atoms with Crippen molar-refractivity contribution in [1.82, 2.24) is 0 Å². The van der Waals surface area contributed by atoms with Crippen molar-refractivity contribution in [2.45, 2.75) is 44.9 Å². The number of benzene rings is 1. The van der Waals surface area contributed by atoms with Gasteiger partial charge >= 0.3 is 6.18 Å². The topological polar surface area (TPSA) is 20.2 Å². The van der Waals surface area contributed by atoms with Crippen LogP contribution in [0.5, 0.6) is 0 Å². The molecule has 112 valence electrons. The van der Waals surface area contributed by atoms with E-state index in [1.54, 1.807) is 0 Å². The molecule has 2 rings (SSSR count). The van der Waals surface area contributed by atoms with Crippen molar-refractivity contribution in [3.8, 4) is 0 Å². The van der Waals surface area contributed by atoms with E-state index in [2.05, 4.69) is 6.92 Å². The Kier molecular flexibility index (Phi) is 4.37. The van der Waals surface area contributed by atoms with Crippen LogP contribution < -0.4 is 0 Å². The van der Waals surface area contributed by atoms with Crippen LogP contribution in [0.2, 0.25) is 0 Å². The summed E-state index contributed by atoms with van der Waals surface area (Å²) in [5.41, 5.74) is -1.05. The van der Waals surface area contributed by atoms with E-state index in [0.717, 1.165) is 31.7 Å². The average molecular weight is 290 g/mol. The number of hydrogen-bond acceptors (Lipinski definition) is 1. The second-order valence-electron chi connectivity index (χ2n) is 5.53. The SMILES string of the molecule is CCC1CCC(C(O)c2ccc(C(F)(F)F)c(F)c2)C1. The predicted molar refractivity (Wildman–Crippen MR) is 67.5 cm³/mol. The molecule has 3 unspecified atom stereocenters.